The molecule has 156 valence electrons. The fourth-order valence-electron chi connectivity index (χ4n) is 3.05. The van der Waals surface area contributed by atoms with Crippen molar-refractivity contribution in [3.63, 3.8) is 0 Å². The molecular formula is C18H15Cl2F3N2O3S. The van der Waals surface area contributed by atoms with Crippen molar-refractivity contribution < 1.29 is 26.4 Å². The van der Waals surface area contributed by atoms with Crippen LogP contribution in [0.1, 0.15) is 12.8 Å². The zero-order valence-corrected chi connectivity index (χ0v) is 17.1. The third-order valence-corrected chi connectivity index (χ3v) is 7.14. The molecule has 0 spiro atoms. The summed E-state index contributed by atoms with van der Waals surface area (Å²) in [5, 5.41) is 2.37. The Bertz CT molecular complexity index is 1070. The molecule has 0 aliphatic carbocycles. The Labute approximate surface area is 175 Å². The Hall–Kier alpha value is -1.81. The van der Waals surface area contributed by atoms with Crippen LogP contribution in [0.3, 0.4) is 0 Å². The van der Waals surface area contributed by atoms with Crippen LogP contribution in [0.25, 0.3) is 0 Å². The molecule has 5 nitrogen and oxygen atoms in total. The summed E-state index contributed by atoms with van der Waals surface area (Å²) in [4.78, 5) is 12.3. The summed E-state index contributed by atoms with van der Waals surface area (Å²) >= 11 is 11.9. The Kier molecular flexibility index (Phi) is 6.42. The standard InChI is InChI=1S/C18H15Cl2F3N2O3S/c19-11-3-4-12(20)15(8-11)29(27,28)25-7-1-2-10(9-25)18(26)24-14-6-5-13(21)16(22)17(14)23/h3-6,8,10H,1-2,7,9H2,(H,24,26)/t10-/m1/s1. The van der Waals surface area contributed by atoms with Crippen LogP contribution in [-0.4, -0.2) is 31.7 Å². The van der Waals surface area contributed by atoms with E-state index in [2.05, 4.69) is 5.32 Å². The van der Waals surface area contributed by atoms with E-state index in [1.54, 1.807) is 0 Å². The zero-order valence-electron chi connectivity index (χ0n) is 14.8. The first kappa shape index (κ1) is 21.9. The smallest absolute Gasteiger partial charge is 0.244 e. The lowest BCUT2D eigenvalue weighted by molar-refractivity contribution is -0.120. The van der Waals surface area contributed by atoms with Gasteiger partial charge in [-0.25, -0.2) is 21.6 Å². The highest BCUT2D eigenvalue weighted by molar-refractivity contribution is 7.89. The second kappa shape index (κ2) is 8.51. The Morgan fingerprint density at radius 3 is 2.55 bits per heavy atom. The van der Waals surface area contributed by atoms with Crippen LogP contribution in [-0.2, 0) is 14.8 Å². The number of hydrogen-bond acceptors (Lipinski definition) is 3. The van der Waals surface area contributed by atoms with E-state index in [1.165, 1.54) is 18.2 Å². The van der Waals surface area contributed by atoms with Crippen LogP contribution >= 0.6 is 23.2 Å². The monoisotopic (exact) mass is 466 g/mol. The summed E-state index contributed by atoms with van der Waals surface area (Å²) in [6.07, 6.45) is 0.711. The highest BCUT2D eigenvalue weighted by Crippen LogP contribution is 2.31. The van der Waals surface area contributed by atoms with Crippen molar-refractivity contribution in [2.24, 2.45) is 5.92 Å². The number of sulfonamides is 1. The van der Waals surface area contributed by atoms with Gasteiger partial charge in [0, 0.05) is 18.1 Å². The summed E-state index contributed by atoms with van der Waals surface area (Å²) in [5.74, 6) is -6.12. The van der Waals surface area contributed by atoms with Gasteiger partial charge in [-0.15, -0.1) is 0 Å². The Morgan fingerprint density at radius 2 is 1.83 bits per heavy atom. The van der Waals surface area contributed by atoms with E-state index in [4.69, 9.17) is 23.2 Å². The molecule has 1 heterocycles. The van der Waals surface area contributed by atoms with Crippen LogP contribution in [0.5, 0.6) is 0 Å². The molecule has 1 N–H and O–H groups in total. The van der Waals surface area contributed by atoms with Gasteiger partial charge in [0.1, 0.15) is 4.90 Å². The molecule has 2 aromatic carbocycles. The van der Waals surface area contributed by atoms with Gasteiger partial charge >= 0.3 is 0 Å². The summed E-state index contributed by atoms with van der Waals surface area (Å²) < 4.78 is 67.1. The quantitative estimate of drug-likeness (QED) is 0.676. The second-order valence-electron chi connectivity index (χ2n) is 6.49. The van der Waals surface area contributed by atoms with Crippen LogP contribution in [0, 0.1) is 23.4 Å². The fourth-order valence-corrected chi connectivity index (χ4v) is 5.31. The zero-order chi connectivity index (χ0) is 21.3. The molecule has 1 saturated heterocycles. The van der Waals surface area contributed by atoms with E-state index in [-0.39, 0.29) is 28.0 Å². The Balaban J connectivity index is 1.79. The number of rotatable bonds is 4. The van der Waals surface area contributed by atoms with Gasteiger partial charge in [0.15, 0.2) is 17.5 Å². The molecule has 0 unspecified atom stereocenters. The molecule has 2 aromatic rings. The van der Waals surface area contributed by atoms with Crippen molar-refractivity contribution in [2.75, 3.05) is 18.4 Å². The van der Waals surface area contributed by atoms with E-state index in [0.717, 1.165) is 10.4 Å². The van der Waals surface area contributed by atoms with Gasteiger partial charge < -0.3 is 5.32 Å². The maximum atomic E-state index is 13.8. The van der Waals surface area contributed by atoms with Gasteiger partial charge in [-0.2, -0.15) is 4.31 Å². The van der Waals surface area contributed by atoms with Crippen molar-refractivity contribution >= 4 is 44.8 Å². The average Bonchev–Trinajstić information content (AvgIpc) is 2.70. The molecule has 0 radical (unpaired) electrons. The molecule has 0 saturated carbocycles. The second-order valence-corrected chi connectivity index (χ2v) is 9.24. The summed E-state index contributed by atoms with van der Waals surface area (Å²) in [6.45, 7) is -0.0171. The average molecular weight is 467 g/mol. The largest absolute Gasteiger partial charge is 0.323 e. The van der Waals surface area contributed by atoms with Gasteiger partial charge in [0.05, 0.1) is 16.6 Å². The van der Waals surface area contributed by atoms with Crippen molar-refractivity contribution in [1.29, 1.82) is 0 Å². The molecule has 0 bridgehead atoms. The maximum Gasteiger partial charge on any atom is 0.244 e. The van der Waals surface area contributed by atoms with Gasteiger partial charge in [-0.1, -0.05) is 23.2 Å². The van der Waals surface area contributed by atoms with Gasteiger partial charge in [-0.05, 0) is 43.2 Å². The number of carbonyl (C=O) groups is 1. The molecule has 1 aliphatic heterocycles. The molecule has 3 rings (SSSR count). The first-order valence-corrected chi connectivity index (χ1v) is 10.7. The predicted octanol–water partition coefficient (Wildman–Crippen LogP) is 4.45. The lowest BCUT2D eigenvalue weighted by atomic mass is 9.98. The Morgan fingerprint density at radius 1 is 1.10 bits per heavy atom. The van der Waals surface area contributed by atoms with E-state index in [1.807, 2.05) is 0 Å². The van der Waals surface area contributed by atoms with Crippen LogP contribution in [0.2, 0.25) is 10.0 Å². The van der Waals surface area contributed by atoms with Crippen molar-refractivity contribution in [3.05, 3.63) is 57.8 Å². The van der Waals surface area contributed by atoms with Crippen molar-refractivity contribution in [2.45, 2.75) is 17.7 Å². The predicted molar refractivity (Wildman–Crippen MR) is 103 cm³/mol. The highest BCUT2D eigenvalue weighted by Gasteiger charge is 2.34. The highest BCUT2D eigenvalue weighted by atomic mass is 35.5. The van der Waals surface area contributed by atoms with Crippen LogP contribution in [0.15, 0.2) is 35.2 Å². The molecule has 0 aromatic heterocycles. The number of nitrogens with one attached hydrogen (secondary N) is 1. The lowest BCUT2D eigenvalue weighted by Crippen LogP contribution is -2.43. The first-order chi connectivity index (χ1) is 13.6. The van der Waals surface area contributed by atoms with Gasteiger partial charge in [-0.3, -0.25) is 4.79 Å². The van der Waals surface area contributed by atoms with Gasteiger partial charge in [0.2, 0.25) is 15.9 Å². The van der Waals surface area contributed by atoms with E-state index in [9.17, 15) is 26.4 Å². The summed E-state index contributed by atoms with van der Waals surface area (Å²) in [6, 6.07) is 5.61. The molecule has 1 fully saturated rings. The van der Waals surface area contributed by atoms with Gasteiger partial charge in [0.25, 0.3) is 0 Å². The molecule has 11 heteroatoms. The number of nitrogens with zero attached hydrogens (tertiary/aromatic N) is 1. The molecule has 1 amide bonds. The minimum atomic E-state index is -4.02. The molecule has 1 aliphatic rings. The summed E-state index contributed by atoms with van der Waals surface area (Å²) in [7, 11) is -4.02. The molecule has 29 heavy (non-hydrogen) atoms. The number of anilines is 1. The normalized spacial score (nSPS) is 17.9. The van der Waals surface area contributed by atoms with Crippen LogP contribution in [0.4, 0.5) is 18.9 Å². The third kappa shape index (κ3) is 4.53. The third-order valence-electron chi connectivity index (χ3n) is 4.56. The topological polar surface area (TPSA) is 66.5 Å². The summed E-state index contributed by atoms with van der Waals surface area (Å²) in [5.41, 5.74) is -0.522. The number of amides is 1. The first-order valence-electron chi connectivity index (χ1n) is 8.51. The number of piperidine rings is 1. The number of hydrogen-bond donors (Lipinski definition) is 1. The van der Waals surface area contributed by atoms with E-state index < -0.39 is 45.0 Å². The fraction of sp³-hybridized carbons (Fsp3) is 0.278. The minimum Gasteiger partial charge on any atom is -0.323 e. The minimum absolute atomic E-state index is 0.00941. The van der Waals surface area contributed by atoms with Crippen LogP contribution < -0.4 is 5.32 Å². The van der Waals surface area contributed by atoms with Crippen molar-refractivity contribution in [3.8, 4) is 0 Å². The van der Waals surface area contributed by atoms with E-state index >= 15 is 0 Å². The lowest BCUT2D eigenvalue weighted by Gasteiger charge is -2.31. The van der Waals surface area contributed by atoms with Crippen molar-refractivity contribution in [1.82, 2.24) is 4.31 Å². The number of halogens is 5. The molecule has 1 atom stereocenters. The SMILES string of the molecule is O=C(Nc1ccc(F)c(F)c1F)[C@@H]1CCCN(S(=O)(=O)c2cc(Cl)ccc2Cl)C1. The molecular weight excluding hydrogens is 452 g/mol. The maximum absolute atomic E-state index is 13.8. The number of benzene rings is 2. The van der Waals surface area contributed by atoms with E-state index in [0.29, 0.717) is 18.9 Å². The number of carbonyl (C=O) groups excluding carboxylic acids is 1.